The number of amides is 2. The summed E-state index contributed by atoms with van der Waals surface area (Å²) in [5.74, 6) is -0.627. The molecule has 0 bridgehead atoms. The Balaban J connectivity index is 1.51. The second-order valence-electron chi connectivity index (χ2n) is 7.56. The van der Waals surface area contributed by atoms with Crippen LogP contribution in [-0.4, -0.2) is 21.7 Å². The number of nitrogens with one attached hydrogen (secondary N) is 1. The van der Waals surface area contributed by atoms with Gasteiger partial charge < -0.3 is 10.2 Å². The highest BCUT2D eigenvalue weighted by atomic mass is 79.9. The number of rotatable bonds is 7. The Morgan fingerprint density at radius 1 is 1.12 bits per heavy atom. The molecule has 1 atom stereocenters. The van der Waals surface area contributed by atoms with Gasteiger partial charge in [-0.05, 0) is 48.4 Å². The maximum absolute atomic E-state index is 13.3. The van der Waals surface area contributed by atoms with Gasteiger partial charge >= 0.3 is 0 Å². The van der Waals surface area contributed by atoms with E-state index in [9.17, 15) is 14.0 Å². The molecule has 1 aromatic heterocycles. The van der Waals surface area contributed by atoms with E-state index in [-0.39, 0.29) is 30.1 Å². The SMILES string of the molecule is C=C(NC(=O)CCC1c2c(Br)cccc2C(=O)N1Cc1ccc(F)cc1)c1ccccn1. The molecule has 2 aromatic carbocycles. The maximum Gasteiger partial charge on any atom is 0.255 e. The molecule has 0 radical (unpaired) electrons. The number of fused-ring (bicyclic) bond motifs is 1. The molecule has 0 fully saturated rings. The van der Waals surface area contributed by atoms with Crippen molar-refractivity contribution < 1.29 is 14.0 Å². The number of carbonyl (C=O) groups excluding carboxylic acids is 2. The molecule has 0 spiro atoms. The van der Waals surface area contributed by atoms with Gasteiger partial charge in [-0.25, -0.2) is 4.39 Å². The zero-order chi connectivity index (χ0) is 22.7. The van der Waals surface area contributed by atoms with E-state index in [1.165, 1.54) is 12.1 Å². The molecule has 2 heterocycles. The summed E-state index contributed by atoms with van der Waals surface area (Å²) in [5, 5.41) is 2.79. The Morgan fingerprint density at radius 2 is 1.91 bits per heavy atom. The van der Waals surface area contributed by atoms with Gasteiger partial charge in [-0.1, -0.05) is 46.8 Å². The van der Waals surface area contributed by atoms with Gasteiger partial charge in [-0.2, -0.15) is 0 Å². The zero-order valence-electron chi connectivity index (χ0n) is 17.2. The lowest BCUT2D eigenvalue weighted by Gasteiger charge is -2.26. The van der Waals surface area contributed by atoms with Crippen molar-refractivity contribution in [1.29, 1.82) is 0 Å². The average molecular weight is 494 g/mol. The molecule has 5 nitrogen and oxygen atoms in total. The number of halogens is 2. The van der Waals surface area contributed by atoms with Crippen molar-refractivity contribution in [2.24, 2.45) is 0 Å². The minimum absolute atomic E-state index is 0.103. The fraction of sp³-hybridized carbons (Fsp3) is 0.160. The minimum atomic E-state index is -0.325. The van der Waals surface area contributed by atoms with Crippen LogP contribution in [0.5, 0.6) is 0 Å². The first kappa shape index (κ1) is 21.9. The Morgan fingerprint density at radius 3 is 2.62 bits per heavy atom. The van der Waals surface area contributed by atoms with Crippen LogP contribution in [0.4, 0.5) is 4.39 Å². The number of aromatic nitrogens is 1. The van der Waals surface area contributed by atoms with E-state index in [1.54, 1.807) is 41.4 Å². The van der Waals surface area contributed by atoms with Crippen LogP contribution in [0, 0.1) is 5.82 Å². The molecule has 0 aliphatic carbocycles. The lowest BCUT2D eigenvalue weighted by Crippen LogP contribution is -2.29. The lowest BCUT2D eigenvalue weighted by atomic mass is 10.00. The van der Waals surface area contributed by atoms with Gasteiger partial charge in [-0.3, -0.25) is 14.6 Å². The minimum Gasteiger partial charge on any atom is -0.327 e. The number of nitrogens with zero attached hydrogens (tertiary/aromatic N) is 2. The summed E-state index contributed by atoms with van der Waals surface area (Å²) < 4.78 is 14.1. The predicted molar refractivity (Wildman–Crippen MR) is 124 cm³/mol. The largest absolute Gasteiger partial charge is 0.327 e. The first-order valence-electron chi connectivity index (χ1n) is 10.2. The molecular formula is C25H21BrFN3O2. The van der Waals surface area contributed by atoms with Crippen LogP contribution < -0.4 is 5.32 Å². The number of hydrogen-bond donors (Lipinski definition) is 1. The quantitative estimate of drug-likeness (QED) is 0.488. The van der Waals surface area contributed by atoms with Gasteiger partial charge in [0.1, 0.15) is 5.82 Å². The van der Waals surface area contributed by atoms with Crippen LogP contribution in [0.15, 0.2) is 77.9 Å². The van der Waals surface area contributed by atoms with Crippen molar-refractivity contribution in [2.75, 3.05) is 0 Å². The van der Waals surface area contributed by atoms with E-state index in [0.29, 0.717) is 29.9 Å². The summed E-state index contributed by atoms with van der Waals surface area (Å²) in [6.45, 7) is 4.21. The molecule has 32 heavy (non-hydrogen) atoms. The second-order valence-corrected chi connectivity index (χ2v) is 8.41. The fourth-order valence-corrected chi connectivity index (χ4v) is 4.52. The van der Waals surface area contributed by atoms with Crippen molar-refractivity contribution in [3.05, 3.63) is 106 Å². The molecule has 1 N–H and O–H groups in total. The lowest BCUT2D eigenvalue weighted by molar-refractivity contribution is -0.120. The fourth-order valence-electron chi connectivity index (χ4n) is 3.89. The Labute approximate surface area is 194 Å². The number of pyridine rings is 1. The van der Waals surface area contributed by atoms with Crippen LogP contribution in [0.3, 0.4) is 0 Å². The summed E-state index contributed by atoms with van der Waals surface area (Å²) in [4.78, 5) is 31.7. The van der Waals surface area contributed by atoms with E-state index >= 15 is 0 Å². The number of carbonyl (C=O) groups is 2. The first-order chi connectivity index (χ1) is 15.4. The highest BCUT2D eigenvalue weighted by Gasteiger charge is 2.38. The summed E-state index contributed by atoms with van der Waals surface area (Å²) in [6.07, 6.45) is 2.27. The van der Waals surface area contributed by atoms with E-state index in [2.05, 4.69) is 32.8 Å². The predicted octanol–water partition coefficient (Wildman–Crippen LogP) is 5.25. The molecule has 1 aliphatic heterocycles. The molecule has 4 rings (SSSR count). The third-order valence-corrected chi connectivity index (χ3v) is 6.12. The Hall–Kier alpha value is -3.32. The van der Waals surface area contributed by atoms with Crippen molar-refractivity contribution in [3.8, 4) is 0 Å². The smallest absolute Gasteiger partial charge is 0.255 e. The van der Waals surface area contributed by atoms with Crippen LogP contribution in [-0.2, 0) is 11.3 Å². The molecule has 1 unspecified atom stereocenters. The van der Waals surface area contributed by atoms with Gasteiger partial charge in [0, 0.05) is 34.8 Å². The molecule has 3 aromatic rings. The molecule has 0 saturated carbocycles. The summed E-state index contributed by atoms with van der Waals surface area (Å²) in [7, 11) is 0. The first-order valence-corrected chi connectivity index (χ1v) is 11.0. The van der Waals surface area contributed by atoms with Crippen molar-refractivity contribution in [2.45, 2.75) is 25.4 Å². The second kappa shape index (κ2) is 9.44. The highest BCUT2D eigenvalue weighted by Crippen LogP contribution is 2.41. The van der Waals surface area contributed by atoms with Gasteiger partial charge in [0.2, 0.25) is 5.91 Å². The zero-order valence-corrected chi connectivity index (χ0v) is 18.8. The Bertz CT molecular complexity index is 1170. The van der Waals surface area contributed by atoms with E-state index < -0.39 is 0 Å². The summed E-state index contributed by atoms with van der Waals surface area (Å²) in [5.41, 5.74) is 3.34. The van der Waals surface area contributed by atoms with Crippen molar-refractivity contribution in [3.63, 3.8) is 0 Å². The van der Waals surface area contributed by atoms with E-state index in [1.807, 2.05) is 18.2 Å². The maximum atomic E-state index is 13.3. The van der Waals surface area contributed by atoms with Crippen LogP contribution in [0.2, 0.25) is 0 Å². The Kier molecular flexibility index (Phi) is 6.46. The van der Waals surface area contributed by atoms with E-state index in [0.717, 1.165) is 15.6 Å². The highest BCUT2D eigenvalue weighted by molar-refractivity contribution is 9.10. The van der Waals surface area contributed by atoms with E-state index in [4.69, 9.17) is 0 Å². The summed E-state index contributed by atoms with van der Waals surface area (Å²) >= 11 is 3.56. The molecule has 1 aliphatic rings. The molecule has 162 valence electrons. The standard InChI is InChI=1S/C25H21BrFN3O2/c1-16(21-7-2-3-14-28-21)29-23(31)13-12-22-24-19(5-4-6-20(24)26)25(32)30(22)15-17-8-10-18(27)11-9-17/h2-11,14,22H,1,12-13,15H2,(H,29,31). The third-order valence-electron chi connectivity index (χ3n) is 5.43. The normalized spacial score (nSPS) is 14.9. The number of benzene rings is 2. The van der Waals surface area contributed by atoms with Crippen LogP contribution >= 0.6 is 15.9 Å². The van der Waals surface area contributed by atoms with Crippen molar-refractivity contribution >= 4 is 33.4 Å². The van der Waals surface area contributed by atoms with Gasteiger partial charge in [0.15, 0.2) is 0 Å². The third kappa shape index (κ3) is 4.62. The monoisotopic (exact) mass is 493 g/mol. The molecular weight excluding hydrogens is 473 g/mol. The summed E-state index contributed by atoms with van der Waals surface area (Å²) in [6, 6.07) is 16.7. The average Bonchev–Trinajstić information content (AvgIpc) is 3.06. The van der Waals surface area contributed by atoms with Gasteiger partial charge in [0.25, 0.3) is 5.91 Å². The van der Waals surface area contributed by atoms with Gasteiger partial charge in [0.05, 0.1) is 17.4 Å². The van der Waals surface area contributed by atoms with Crippen LogP contribution in [0.1, 0.15) is 46.1 Å². The van der Waals surface area contributed by atoms with Gasteiger partial charge in [-0.15, -0.1) is 0 Å². The molecule has 2 amide bonds. The topological polar surface area (TPSA) is 62.3 Å². The van der Waals surface area contributed by atoms with Crippen LogP contribution in [0.25, 0.3) is 5.70 Å². The number of hydrogen-bond acceptors (Lipinski definition) is 3. The van der Waals surface area contributed by atoms with Crippen molar-refractivity contribution in [1.82, 2.24) is 15.2 Å². The molecule has 7 heteroatoms. The molecule has 0 saturated heterocycles.